The number of thioether (sulfide) groups is 1. The van der Waals surface area contributed by atoms with Gasteiger partial charge in [-0.1, -0.05) is 53.2 Å². The van der Waals surface area contributed by atoms with E-state index < -0.39 is 0 Å². The zero-order chi connectivity index (χ0) is 28.1. The van der Waals surface area contributed by atoms with E-state index in [0.29, 0.717) is 15.8 Å². The van der Waals surface area contributed by atoms with Gasteiger partial charge in [-0.3, -0.25) is 14.5 Å². The molecule has 2 aliphatic rings. The maximum absolute atomic E-state index is 12.8. The second-order valence-electron chi connectivity index (χ2n) is 10.3. The topological polar surface area (TPSA) is 77.6 Å². The van der Waals surface area contributed by atoms with E-state index in [1.54, 1.807) is 4.90 Å². The Balaban J connectivity index is 1.07. The van der Waals surface area contributed by atoms with Crippen LogP contribution in [0, 0.1) is 0 Å². The summed E-state index contributed by atoms with van der Waals surface area (Å²) in [5.41, 5.74) is 3.80. The predicted molar refractivity (Wildman–Crippen MR) is 166 cm³/mol. The van der Waals surface area contributed by atoms with Crippen LogP contribution in [0.3, 0.4) is 0 Å². The van der Waals surface area contributed by atoms with Gasteiger partial charge in [0.2, 0.25) is 11.8 Å². The minimum Gasteiger partial charge on any atom is -0.353 e. The number of hydrogen-bond donors (Lipinski definition) is 2. The van der Waals surface area contributed by atoms with E-state index in [9.17, 15) is 9.59 Å². The second-order valence-corrected chi connectivity index (χ2v) is 13.1. The van der Waals surface area contributed by atoms with Crippen LogP contribution in [0.1, 0.15) is 31.2 Å². The van der Waals surface area contributed by atoms with Gasteiger partial charge in [0.1, 0.15) is 0 Å². The number of hydrogen-bond acceptors (Lipinski definition) is 7. The Hall–Kier alpha value is -2.14. The summed E-state index contributed by atoms with van der Waals surface area (Å²) in [6.07, 6.45) is 3.75. The van der Waals surface area contributed by atoms with Crippen LogP contribution in [-0.2, 0) is 16.1 Å². The number of halogens is 2. The van der Waals surface area contributed by atoms with Gasteiger partial charge >= 0.3 is 0 Å². The number of nitrogens with one attached hydrogen (secondary N) is 2. The smallest absolute Gasteiger partial charge is 0.243 e. The van der Waals surface area contributed by atoms with Crippen LogP contribution in [0.25, 0.3) is 11.3 Å². The van der Waals surface area contributed by atoms with Crippen molar-refractivity contribution in [2.45, 2.75) is 48.7 Å². The van der Waals surface area contributed by atoms with Crippen molar-refractivity contribution in [3.05, 3.63) is 63.5 Å². The summed E-state index contributed by atoms with van der Waals surface area (Å²) in [5, 5.41) is 9.62. The summed E-state index contributed by atoms with van der Waals surface area (Å²) >= 11 is 15.2. The Morgan fingerprint density at radius 3 is 2.73 bits per heavy atom. The third kappa shape index (κ3) is 7.57. The Morgan fingerprint density at radius 2 is 1.98 bits per heavy atom. The molecule has 0 unspecified atom stereocenters. The van der Waals surface area contributed by atoms with Crippen LogP contribution in [0.15, 0.2) is 52.2 Å². The fourth-order valence-corrected chi connectivity index (χ4v) is 7.08. The molecular weight excluding hydrogens is 585 g/mol. The molecule has 11 heteroatoms. The van der Waals surface area contributed by atoms with Crippen molar-refractivity contribution in [2.75, 3.05) is 37.3 Å². The Kier molecular flexibility index (Phi) is 10.0. The van der Waals surface area contributed by atoms with E-state index in [4.69, 9.17) is 28.2 Å². The first-order valence-corrected chi connectivity index (χ1v) is 16.1. The van der Waals surface area contributed by atoms with E-state index in [2.05, 4.69) is 15.5 Å². The summed E-state index contributed by atoms with van der Waals surface area (Å²) in [6, 6.07) is 13.7. The quantitative estimate of drug-likeness (QED) is 0.300. The molecule has 0 spiro atoms. The van der Waals surface area contributed by atoms with Crippen LogP contribution >= 0.6 is 46.3 Å². The monoisotopic (exact) mass is 617 g/mol. The van der Waals surface area contributed by atoms with E-state index in [-0.39, 0.29) is 23.9 Å². The van der Waals surface area contributed by atoms with Crippen LogP contribution in [0.2, 0.25) is 10.0 Å². The van der Waals surface area contributed by atoms with Gasteiger partial charge in [0, 0.05) is 49.4 Å². The summed E-state index contributed by atoms with van der Waals surface area (Å²) in [6.45, 7) is 3.56. The van der Waals surface area contributed by atoms with Gasteiger partial charge in [0.05, 0.1) is 27.5 Å². The van der Waals surface area contributed by atoms with Gasteiger partial charge in [-0.25, -0.2) is 4.98 Å². The number of likely N-dealkylation sites (N-methyl/N-ethyl adjacent to an activating group) is 1. The predicted octanol–water partition coefficient (Wildman–Crippen LogP) is 5.70. The molecule has 7 nitrogen and oxygen atoms in total. The van der Waals surface area contributed by atoms with Gasteiger partial charge in [-0.2, -0.15) is 0 Å². The number of anilines is 1. The number of rotatable bonds is 9. The number of thiazole rings is 1. The van der Waals surface area contributed by atoms with Crippen LogP contribution in [-0.4, -0.2) is 66.2 Å². The van der Waals surface area contributed by atoms with E-state index in [0.717, 1.165) is 78.7 Å². The molecule has 0 radical (unpaired) electrons. The van der Waals surface area contributed by atoms with Crippen molar-refractivity contribution in [2.24, 2.45) is 0 Å². The third-order valence-corrected chi connectivity index (χ3v) is 10.1. The summed E-state index contributed by atoms with van der Waals surface area (Å²) in [4.78, 5) is 34.3. The number of carbonyl (C=O) groups is 2. The highest BCUT2D eigenvalue weighted by Gasteiger charge is 2.26. The SMILES string of the molecule is CN(C(=O)[C@H]1CCCN1)c1cccc(-c2csc(SCC(=O)NC3CCN(Cc4ccc(Cl)c(Cl)c4)CC3)n2)c1. The second kappa shape index (κ2) is 13.7. The highest BCUT2D eigenvalue weighted by molar-refractivity contribution is 8.01. The van der Waals surface area contributed by atoms with Gasteiger partial charge < -0.3 is 15.5 Å². The first kappa shape index (κ1) is 29.4. The zero-order valence-corrected chi connectivity index (χ0v) is 25.5. The van der Waals surface area contributed by atoms with Crippen molar-refractivity contribution in [3.63, 3.8) is 0 Å². The molecular formula is C29H33Cl2N5O2S2. The van der Waals surface area contributed by atoms with Crippen LogP contribution in [0.5, 0.6) is 0 Å². The van der Waals surface area contributed by atoms with E-state index >= 15 is 0 Å². The first-order chi connectivity index (χ1) is 19.4. The molecule has 3 aromatic rings. The number of nitrogens with zero attached hydrogens (tertiary/aromatic N) is 3. The minimum atomic E-state index is -0.108. The Bertz CT molecular complexity index is 1340. The number of aromatic nitrogens is 1. The summed E-state index contributed by atoms with van der Waals surface area (Å²) < 4.78 is 0.853. The molecule has 0 saturated carbocycles. The van der Waals surface area contributed by atoms with Crippen molar-refractivity contribution in [1.82, 2.24) is 20.5 Å². The molecule has 2 amide bonds. The minimum absolute atomic E-state index is 0.0346. The van der Waals surface area contributed by atoms with E-state index in [1.165, 1.54) is 23.1 Å². The van der Waals surface area contributed by atoms with Crippen LogP contribution < -0.4 is 15.5 Å². The van der Waals surface area contributed by atoms with Gasteiger partial charge in [0.25, 0.3) is 0 Å². The molecule has 0 bridgehead atoms. The lowest BCUT2D eigenvalue weighted by atomic mass is 10.0. The number of likely N-dealkylation sites (tertiary alicyclic amines) is 1. The van der Waals surface area contributed by atoms with Gasteiger partial charge in [0.15, 0.2) is 4.34 Å². The molecule has 40 heavy (non-hydrogen) atoms. The highest BCUT2D eigenvalue weighted by Crippen LogP contribution is 2.30. The number of carbonyl (C=O) groups excluding carboxylic acids is 2. The van der Waals surface area contributed by atoms with Gasteiger partial charge in [-0.05, 0) is 62.1 Å². The Morgan fingerprint density at radius 1 is 1.15 bits per heavy atom. The van der Waals surface area contributed by atoms with E-state index in [1.807, 2.05) is 54.9 Å². The molecule has 1 aromatic heterocycles. The van der Waals surface area contributed by atoms with Crippen molar-refractivity contribution < 1.29 is 9.59 Å². The summed E-state index contributed by atoms with van der Waals surface area (Å²) in [5.74, 6) is 0.460. The Labute approximate surface area is 253 Å². The molecule has 2 saturated heterocycles. The van der Waals surface area contributed by atoms with Crippen molar-refractivity contribution in [1.29, 1.82) is 0 Å². The average molecular weight is 619 g/mol. The van der Waals surface area contributed by atoms with Crippen LogP contribution in [0.4, 0.5) is 5.69 Å². The lowest BCUT2D eigenvalue weighted by Crippen LogP contribution is -2.44. The molecule has 5 rings (SSSR count). The number of piperidine rings is 1. The lowest BCUT2D eigenvalue weighted by Gasteiger charge is -2.32. The normalized spacial score (nSPS) is 18.1. The standard InChI is InChI=1S/C29H33Cl2N5O2S2/c1-35(28(38)25-6-3-11-32-25)22-5-2-4-20(15-22)26-17-39-29(34-26)40-18-27(37)33-21-9-12-36(13-10-21)16-19-7-8-23(30)24(31)14-19/h2,4-5,7-8,14-15,17,21,25,32H,3,6,9-13,16,18H2,1H3,(H,33,37)/t25-/m1/s1. The molecule has 2 aromatic carbocycles. The zero-order valence-electron chi connectivity index (χ0n) is 22.4. The fourth-order valence-electron chi connectivity index (χ4n) is 5.11. The maximum atomic E-state index is 12.8. The molecule has 2 fully saturated rings. The van der Waals surface area contributed by atoms with Crippen molar-refractivity contribution in [3.8, 4) is 11.3 Å². The first-order valence-electron chi connectivity index (χ1n) is 13.5. The number of benzene rings is 2. The molecule has 2 aliphatic heterocycles. The lowest BCUT2D eigenvalue weighted by molar-refractivity contribution is -0.120. The maximum Gasteiger partial charge on any atom is 0.243 e. The average Bonchev–Trinajstić information content (AvgIpc) is 3.67. The third-order valence-electron chi connectivity index (χ3n) is 7.37. The largest absolute Gasteiger partial charge is 0.353 e. The molecule has 0 aliphatic carbocycles. The molecule has 3 heterocycles. The number of amides is 2. The summed E-state index contributed by atoms with van der Waals surface area (Å²) in [7, 11) is 1.82. The molecule has 2 N–H and O–H groups in total. The highest BCUT2D eigenvalue weighted by atomic mass is 35.5. The molecule has 1 atom stereocenters. The van der Waals surface area contributed by atoms with Crippen molar-refractivity contribution >= 4 is 63.8 Å². The van der Waals surface area contributed by atoms with Gasteiger partial charge in [-0.15, -0.1) is 11.3 Å². The fraction of sp³-hybridized carbons (Fsp3) is 0.414. The molecule has 212 valence electrons.